The molecule has 21 heavy (non-hydrogen) atoms. The van der Waals surface area contributed by atoms with Crippen LogP contribution < -0.4 is 10.1 Å². The molecule has 2 rings (SSSR count). The van der Waals surface area contributed by atoms with Crippen molar-refractivity contribution >= 4 is 0 Å². The van der Waals surface area contributed by atoms with E-state index in [0.717, 1.165) is 13.0 Å². The Morgan fingerprint density at radius 2 is 1.95 bits per heavy atom. The Morgan fingerprint density at radius 3 is 2.57 bits per heavy atom. The molecule has 0 heterocycles. The molecule has 1 N–H and O–H groups in total. The predicted molar refractivity (Wildman–Crippen MR) is 84.3 cm³/mol. The summed E-state index contributed by atoms with van der Waals surface area (Å²) in [6.45, 7) is 4.91. The van der Waals surface area contributed by atoms with Gasteiger partial charge in [0.05, 0.1) is 7.11 Å². The highest BCUT2D eigenvalue weighted by Crippen LogP contribution is 2.25. The molecular formula is C18H22FNO. The van der Waals surface area contributed by atoms with E-state index in [1.54, 1.807) is 19.2 Å². The van der Waals surface area contributed by atoms with E-state index in [9.17, 15) is 4.39 Å². The summed E-state index contributed by atoms with van der Waals surface area (Å²) in [5.41, 5.74) is 3.15. The van der Waals surface area contributed by atoms with Crippen molar-refractivity contribution in [2.75, 3.05) is 13.7 Å². The Hall–Kier alpha value is -1.87. The molecule has 112 valence electrons. The van der Waals surface area contributed by atoms with Gasteiger partial charge in [0.2, 0.25) is 0 Å². The molecule has 0 aromatic heterocycles. The van der Waals surface area contributed by atoms with Crippen molar-refractivity contribution in [1.29, 1.82) is 0 Å². The topological polar surface area (TPSA) is 21.3 Å². The molecule has 2 aromatic carbocycles. The van der Waals surface area contributed by atoms with Crippen LogP contribution in [0.5, 0.6) is 5.75 Å². The first-order chi connectivity index (χ1) is 10.2. The van der Waals surface area contributed by atoms with E-state index in [-0.39, 0.29) is 11.9 Å². The Morgan fingerprint density at radius 1 is 1.19 bits per heavy atom. The number of halogens is 1. The quantitative estimate of drug-likeness (QED) is 0.866. The summed E-state index contributed by atoms with van der Waals surface area (Å²) >= 11 is 0. The molecule has 0 amide bonds. The molecule has 0 fully saturated rings. The number of likely N-dealkylation sites (N-methyl/N-ethyl adjacent to an activating group) is 1. The van der Waals surface area contributed by atoms with Gasteiger partial charge in [-0.2, -0.15) is 0 Å². The summed E-state index contributed by atoms with van der Waals surface area (Å²) < 4.78 is 19.4. The standard InChI is InChI=1S/C18H22FNO/c1-4-20-18(11-14-8-6-5-7-13(14)2)16-10-9-15(21-3)12-17(16)19/h5-10,12,18,20H,4,11H2,1-3H3. The van der Waals surface area contributed by atoms with Gasteiger partial charge in [0.1, 0.15) is 11.6 Å². The van der Waals surface area contributed by atoms with E-state index >= 15 is 0 Å². The monoisotopic (exact) mass is 287 g/mol. The largest absolute Gasteiger partial charge is 0.497 e. The number of nitrogens with one attached hydrogen (secondary N) is 1. The van der Waals surface area contributed by atoms with E-state index < -0.39 is 0 Å². The van der Waals surface area contributed by atoms with Crippen LogP contribution >= 0.6 is 0 Å². The summed E-state index contributed by atoms with van der Waals surface area (Å²) in [5, 5.41) is 3.37. The van der Waals surface area contributed by atoms with Crippen LogP contribution in [-0.2, 0) is 6.42 Å². The lowest BCUT2D eigenvalue weighted by atomic mass is 9.95. The zero-order chi connectivity index (χ0) is 15.2. The van der Waals surface area contributed by atoms with E-state index in [1.807, 2.05) is 19.1 Å². The highest BCUT2D eigenvalue weighted by atomic mass is 19.1. The van der Waals surface area contributed by atoms with Crippen LogP contribution in [-0.4, -0.2) is 13.7 Å². The maximum absolute atomic E-state index is 14.3. The molecule has 0 aliphatic rings. The minimum Gasteiger partial charge on any atom is -0.497 e. The predicted octanol–water partition coefficient (Wildman–Crippen LogP) is 4.04. The van der Waals surface area contributed by atoms with Crippen LogP contribution in [0.15, 0.2) is 42.5 Å². The zero-order valence-electron chi connectivity index (χ0n) is 12.8. The number of aryl methyl sites for hydroxylation is 1. The fourth-order valence-corrected chi connectivity index (χ4v) is 2.51. The summed E-state index contributed by atoms with van der Waals surface area (Å²) in [5.74, 6) is 0.316. The van der Waals surface area contributed by atoms with Gasteiger partial charge in [-0.05, 0) is 37.1 Å². The summed E-state index contributed by atoms with van der Waals surface area (Å²) in [7, 11) is 1.55. The van der Waals surface area contributed by atoms with E-state index in [2.05, 4.69) is 24.4 Å². The molecular weight excluding hydrogens is 265 g/mol. The van der Waals surface area contributed by atoms with Crippen LogP contribution in [0.3, 0.4) is 0 Å². The maximum Gasteiger partial charge on any atom is 0.131 e. The molecule has 0 aliphatic carbocycles. The van der Waals surface area contributed by atoms with Gasteiger partial charge in [-0.1, -0.05) is 37.3 Å². The molecule has 0 saturated heterocycles. The van der Waals surface area contributed by atoms with Crippen molar-refractivity contribution in [3.05, 3.63) is 65.0 Å². The molecule has 0 aliphatic heterocycles. The molecule has 1 unspecified atom stereocenters. The van der Waals surface area contributed by atoms with Crippen LogP contribution in [0.2, 0.25) is 0 Å². The number of benzene rings is 2. The molecule has 0 radical (unpaired) electrons. The van der Waals surface area contributed by atoms with Crippen molar-refractivity contribution in [2.24, 2.45) is 0 Å². The van der Waals surface area contributed by atoms with Gasteiger partial charge in [0.15, 0.2) is 0 Å². The van der Waals surface area contributed by atoms with Crippen LogP contribution in [0.25, 0.3) is 0 Å². The van der Waals surface area contributed by atoms with Crippen molar-refractivity contribution in [1.82, 2.24) is 5.32 Å². The first-order valence-corrected chi connectivity index (χ1v) is 7.27. The van der Waals surface area contributed by atoms with Gasteiger partial charge < -0.3 is 10.1 Å². The molecule has 0 saturated carbocycles. The molecule has 0 spiro atoms. The van der Waals surface area contributed by atoms with E-state index in [4.69, 9.17) is 4.74 Å². The fraction of sp³-hybridized carbons (Fsp3) is 0.333. The van der Waals surface area contributed by atoms with Crippen LogP contribution in [0.4, 0.5) is 4.39 Å². The van der Waals surface area contributed by atoms with Gasteiger partial charge in [-0.25, -0.2) is 4.39 Å². The SMILES string of the molecule is CCNC(Cc1ccccc1C)c1ccc(OC)cc1F. The van der Waals surface area contributed by atoms with Crippen LogP contribution in [0.1, 0.15) is 29.7 Å². The fourth-order valence-electron chi connectivity index (χ4n) is 2.51. The second-order valence-corrected chi connectivity index (χ2v) is 5.13. The molecule has 2 nitrogen and oxygen atoms in total. The third-order valence-corrected chi connectivity index (χ3v) is 3.72. The number of rotatable bonds is 6. The number of ether oxygens (including phenoxy) is 1. The normalized spacial score (nSPS) is 12.2. The third kappa shape index (κ3) is 3.82. The Kier molecular flexibility index (Phi) is 5.34. The average molecular weight is 287 g/mol. The minimum atomic E-state index is -0.228. The molecule has 1 atom stereocenters. The van der Waals surface area contributed by atoms with Gasteiger partial charge in [-0.15, -0.1) is 0 Å². The van der Waals surface area contributed by atoms with Crippen molar-refractivity contribution < 1.29 is 9.13 Å². The second-order valence-electron chi connectivity index (χ2n) is 5.13. The smallest absolute Gasteiger partial charge is 0.131 e. The van der Waals surface area contributed by atoms with Gasteiger partial charge in [-0.3, -0.25) is 0 Å². The third-order valence-electron chi connectivity index (χ3n) is 3.72. The molecule has 3 heteroatoms. The van der Waals surface area contributed by atoms with E-state index in [1.165, 1.54) is 17.2 Å². The number of hydrogen-bond donors (Lipinski definition) is 1. The minimum absolute atomic E-state index is 0.0398. The van der Waals surface area contributed by atoms with Crippen molar-refractivity contribution in [2.45, 2.75) is 26.3 Å². The second kappa shape index (κ2) is 7.23. The Bertz CT molecular complexity index is 598. The summed E-state index contributed by atoms with van der Waals surface area (Å²) in [6, 6.07) is 13.2. The number of methoxy groups -OCH3 is 1. The highest BCUT2D eigenvalue weighted by Gasteiger charge is 2.16. The highest BCUT2D eigenvalue weighted by molar-refractivity contribution is 5.33. The van der Waals surface area contributed by atoms with Gasteiger partial charge in [0, 0.05) is 17.7 Å². The van der Waals surface area contributed by atoms with Crippen molar-refractivity contribution in [3.63, 3.8) is 0 Å². The van der Waals surface area contributed by atoms with Crippen LogP contribution in [0, 0.1) is 12.7 Å². The lowest BCUT2D eigenvalue weighted by molar-refractivity contribution is 0.409. The molecule has 0 bridgehead atoms. The number of hydrogen-bond acceptors (Lipinski definition) is 2. The lowest BCUT2D eigenvalue weighted by Crippen LogP contribution is -2.24. The lowest BCUT2D eigenvalue weighted by Gasteiger charge is -2.20. The van der Waals surface area contributed by atoms with Gasteiger partial charge in [0.25, 0.3) is 0 Å². The first kappa shape index (κ1) is 15.5. The van der Waals surface area contributed by atoms with Gasteiger partial charge >= 0.3 is 0 Å². The maximum atomic E-state index is 14.3. The first-order valence-electron chi connectivity index (χ1n) is 7.27. The average Bonchev–Trinajstić information content (AvgIpc) is 2.49. The Labute approximate surface area is 126 Å². The van der Waals surface area contributed by atoms with Crippen molar-refractivity contribution in [3.8, 4) is 5.75 Å². The summed E-state index contributed by atoms with van der Waals surface area (Å²) in [4.78, 5) is 0. The Balaban J connectivity index is 2.29. The zero-order valence-corrected chi connectivity index (χ0v) is 12.8. The van der Waals surface area contributed by atoms with E-state index in [0.29, 0.717) is 11.3 Å². The summed E-state index contributed by atoms with van der Waals surface area (Å²) in [6.07, 6.45) is 0.768. The molecule has 2 aromatic rings.